The Bertz CT molecular complexity index is 544. The first kappa shape index (κ1) is 13.2. The predicted molar refractivity (Wildman–Crippen MR) is 80.6 cm³/mol. The van der Waals surface area contributed by atoms with Crippen LogP contribution in [0.5, 0.6) is 0 Å². The molecule has 0 saturated carbocycles. The van der Waals surface area contributed by atoms with Gasteiger partial charge in [-0.05, 0) is 41.0 Å². The summed E-state index contributed by atoms with van der Waals surface area (Å²) in [4.78, 5) is 3.61. The lowest BCUT2D eigenvalue weighted by molar-refractivity contribution is 0.778. The molecule has 0 amide bonds. The third-order valence-corrected chi connectivity index (χ3v) is 3.71. The van der Waals surface area contributed by atoms with Crippen LogP contribution < -0.4 is 0 Å². The van der Waals surface area contributed by atoms with E-state index in [1.54, 1.807) is 0 Å². The molecule has 0 spiro atoms. The number of benzene rings is 1. The minimum atomic E-state index is 0.553. The van der Waals surface area contributed by atoms with Gasteiger partial charge in [-0.3, -0.25) is 0 Å². The summed E-state index contributed by atoms with van der Waals surface area (Å²) >= 11 is 0. The SMILES string of the molecule is CC(C)c1ccc2[nH]c(C(C)C)c(C(C)C)c2c1. The van der Waals surface area contributed by atoms with Crippen molar-refractivity contribution in [1.29, 1.82) is 0 Å². The summed E-state index contributed by atoms with van der Waals surface area (Å²) in [6.07, 6.45) is 0. The molecule has 18 heavy (non-hydrogen) atoms. The Morgan fingerprint density at radius 3 is 2.00 bits per heavy atom. The van der Waals surface area contributed by atoms with Crippen molar-refractivity contribution >= 4 is 10.9 Å². The first-order valence-electron chi connectivity index (χ1n) is 7.07. The number of hydrogen-bond acceptors (Lipinski definition) is 0. The standard InChI is InChI=1S/C17H25N/c1-10(2)13-7-8-15-14(9-13)16(11(3)4)17(18-15)12(5)6/h7-12,18H,1-6H3. The van der Waals surface area contributed by atoms with Crippen molar-refractivity contribution in [2.75, 3.05) is 0 Å². The highest BCUT2D eigenvalue weighted by molar-refractivity contribution is 5.86. The lowest BCUT2D eigenvalue weighted by Crippen LogP contribution is -1.96. The zero-order valence-electron chi connectivity index (χ0n) is 12.5. The maximum Gasteiger partial charge on any atom is 0.0459 e. The fourth-order valence-electron chi connectivity index (χ4n) is 2.69. The van der Waals surface area contributed by atoms with Crippen molar-refractivity contribution in [1.82, 2.24) is 4.98 Å². The minimum absolute atomic E-state index is 0.553. The molecule has 0 aliphatic carbocycles. The zero-order valence-corrected chi connectivity index (χ0v) is 12.5. The number of aromatic nitrogens is 1. The highest BCUT2D eigenvalue weighted by Gasteiger charge is 2.17. The summed E-state index contributed by atoms with van der Waals surface area (Å²) in [6.45, 7) is 13.6. The third kappa shape index (κ3) is 2.19. The van der Waals surface area contributed by atoms with Gasteiger partial charge in [-0.25, -0.2) is 0 Å². The van der Waals surface area contributed by atoms with Gasteiger partial charge in [0, 0.05) is 16.6 Å². The molecule has 0 unspecified atom stereocenters. The Kier molecular flexibility index (Phi) is 3.52. The highest BCUT2D eigenvalue weighted by atomic mass is 14.7. The average Bonchev–Trinajstić information content (AvgIpc) is 2.66. The molecule has 1 heteroatoms. The van der Waals surface area contributed by atoms with Gasteiger partial charge >= 0.3 is 0 Å². The maximum absolute atomic E-state index is 3.61. The van der Waals surface area contributed by atoms with Crippen LogP contribution in [0.15, 0.2) is 18.2 Å². The van der Waals surface area contributed by atoms with Crippen LogP contribution in [-0.2, 0) is 0 Å². The van der Waals surface area contributed by atoms with Crippen LogP contribution in [0.4, 0.5) is 0 Å². The molecule has 2 rings (SSSR count). The summed E-state index contributed by atoms with van der Waals surface area (Å²) in [5, 5.41) is 1.42. The van der Waals surface area contributed by atoms with Gasteiger partial charge in [0.25, 0.3) is 0 Å². The molecule has 1 aromatic heterocycles. The summed E-state index contributed by atoms with van der Waals surface area (Å²) in [7, 11) is 0. The second-order valence-corrected chi connectivity index (χ2v) is 6.22. The van der Waals surface area contributed by atoms with Crippen LogP contribution >= 0.6 is 0 Å². The van der Waals surface area contributed by atoms with Crippen LogP contribution in [0.2, 0.25) is 0 Å². The maximum atomic E-state index is 3.61. The first-order chi connectivity index (χ1) is 8.41. The van der Waals surface area contributed by atoms with Gasteiger partial charge < -0.3 is 4.98 Å². The Morgan fingerprint density at radius 2 is 1.50 bits per heavy atom. The number of hydrogen-bond donors (Lipinski definition) is 1. The molecule has 0 saturated heterocycles. The van der Waals surface area contributed by atoms with E-state index in [1.165, 1.54) is 27.7 Å². The zero-order chi connectivity index (χ0) is 13.4. The molecular formula is C17H25N. The van der Waals surface area contributed by atoms with Gasteiger partial charge in [0.2, 0.25) is 0 Å². The van der Waals surface area contributed by atoms with Crippen molar-refractivity contribution in [3.63, 3.8) is 0 Å². The Morgan fingerprint density at radius 1 is 0.833 bits per heavy atom. The number of nitrogens with one attached hydrogen (secondary N) is 1. The van der Waals surface area contributed by atoms with E-state index in [-0.39, 0.29) is 0 Å². The van der Waals surface area contributed by atoms with Crippen molar-refractivity contribution in [3.05, 3.63) is 35.0 Å². The van der Waals surface area contributed by atoms with Crippen LogP contribution in [0.25, 0.3) is 10.9 Å². The Labute approximate surface area is 111 Å². The summed E-state index contributed by atoms with van der Waals surface area (Å²) in [6, 6.07) is 6.86. The highest BCUT2D eigenvalue weighted by Crippen LogP contribution is 2.34. The molecule has 0 fully saturated rings. The molecule has 98 valence electrons. The molecule has 0 aliphatic heterocycles. The molecule has 1 N–H and O–H groups in total. The van der Waals surface area contributed by atoms with Gasteiger partial charge in [0.05, 0.1) is 0 Å². The van der Waals surface area contributed by atoms with E-state index in [9.17, 15) is 0 Å². The van der Waals surface area contributed by atoms with E-state index in [1.807, 2.05) is 0 Å². The Balaban J connectivity index is 2.71. The van der Waals surface area contributed by atoms with Crippen molar-refractivity contribution in [2.45, 2.75) is 59.3 Å². The first-order valence-corrected chi connectivity index (χ1v) is 7.07. The fourth-order valence-corrected chi connectivity index (χ4v) is 2.69. The second kappa shape index (κ2) is 4.79. The van der Waals surface area contributed by atoms with Crippen molar-refractivity contribution in [3.8, 4) is 0 Å². The van der Waals surface area contributed by atoms with Crippen LogP contribution in [0, 0.1) is 0 Å². The summed E-state index contributed by atoms with van der Waals surface area (Å²) < 4.78 is 0. The number of aromatic amines is 1. The molecular weight excluding hydrogens is 218 g/mol. The molecule has 1 heterocycles. The monoisotopic (exact) mass is 243 g/mol. The van der Waals surface area contributed by atoms with E-state index < -0.39 is 0 Å². The molecule has 1 nitrogen and oxygen atoms in total. The largest absolute Gasteiger partial charge is 0.358 e. The number of fused-ring (bicyclic) bond motifs is 1. The molecule has 0 radical (unpaired) electrons. The smallest absolute Gasteiger partial charge is 0.0459 e. The van der Waals surface area contributed by atoms with Gasteiger partial charge in [0.15, 0.2) is 0 Å². The van der Waals surface area contributed by atoms with Gasteiger partial charge in [-0.2, -0.15) is 0 Å². The van der Waals surface area contributed by atoms with E-state index in [4.69, 9.17) is 0 Å². The molecule has 0 aliphatic rings. The normalized spacial score (nSPS) is 12.3. The predicted octanol–water partition coefficient (Wildman–Crippen LogP) is 5.54. The number of rotatable bonds is 3. The van der Waals surface area contributed by atoms with Crippen molar-refractivity contribution < 1.29 is 0 Å². The van der Waals surface area contributed by atoms with E-state index in [0.29, 0.717) is 17.8 Å². The summed E-state index contributed by atoms with van der Waals surface area (Å²) in [5.41, 5.74) is 5.62. The quantitative estimate of drug-likeness (QED) is 0.728. The average molecular weight is 243 g/mol. The summed E-state index contributed by atoms with van der Waals surface area (Å²) in [5.74, 6) is 1.71. The van der Waals surface area contributed by atoms with E-state index >= 15 is 0 Å². The van der Waals surface area contributed by atoms with Crippen LogP contribution in [0.1, 0.15) is 76.1 Å². The lowest BCUT2D eigenvalue weighted by Gasteiger charge is -2.11. The van der Waals surface area contributed by atoms with E-state index in [0.717, 1.165) is 0 Å². The molecule has 0 atom stereocenters. The van der Waals surface area contributed by atoms with Crippen LogP contribution in [0.3, 0.4) is 0 Å². The topological polar surface area (TPSA) is 15.8 Å². The second-order valence-electron chi connectivity index (χ2n) is 6.22. The van der Waals surface area contributed by atoms with Gasteiger partial charge in [0.1, 0.15) is 0 Å². The van der Waals surface area contributed by atoms with Gasteiger partial charge in [-0.15, -0.1) is 0 Å². The molecule has 0 bridgehead atoms. The van der Waals surface area contributed by atoms with Crippen molar-refractivity contribution in [2.24, 2.45) is 0 Å². The number of H-pyrrole nitrogens is 1. The molecule has 1 aromatic carbocycles. The Hall–Kier alpha value is -1.24. The van der Waals surface area contributed by atoms with Gasteiger partial charge in [-0.1, -0.05) is 47.6 Å². The fraction of sp³-hybridized carbons (Fsp3) is 0.529. The minimum Gasteiger partial charge on any atom is -0.358 e. The molecule has 2 aromatic rings. The third-order valence-electron chi connectivity index (χ3n) is 3.71. The lowest BCUT2D eigenvalue weighted by atomic mass is 9.93. The van der Waals surface area contributed by atoms with E-state index in [2.05, 4.69) is 64.7 Å². The van der Waals surface area contributed by atoms with Crippen LogP contribution in [-0.4, -0.2) is 4.98 Å².